The molecule has 1 amide bonds. The molecule has 2 nitrogen and oxygen atoms in total. The molecule has 1 aromatic carbocycles. The van der Waals surface area contributed by atoms with E-state index in [0.717, 1.165) is 37.8 Å². The van der Waals surface area contributed by atoms with E-state index in [-0.39, 0.29) is 11.8 Å². The Balaban J connectivity index is 2.55. The minimum Gasteiger partial charge on any atom is -0.355 e. The van der Waals surface area contributed by atoms with Crippen molar-refractivity contribution in [2.75, 3.05) is 12.4 Å². The third kappa shape index (κ3) is 5.54. The molecule has 2 unspecified atom stereocenters. The molecule has 0 heterocycles. The summed E-state index contributed by atoms with van der Waals surface area (Å²) in [6, 6.07) is 10.00. The van der Waals surface area contributed by atoms with Crippen LogP contribution in [0.5, 0.6) is 0 Å². The lowest BCUT2D eigenvalue weighted by Crippen LogP contribution is -2.33. The van der Waals surface area contributed by atoms with Crippen molar-refractivity contribution >= 4 is 17.5 Å². The summed E-state index contributed by atoms with van der Waals surface area (Å²) < 4.78 is 0. The zero-order valence-corrected chi connectivity index (χ0v) is 13.3. The third-order valence-corrected chi connectivity index (χ3v) is 3.92. The van der Waals surface area contributed by atoms with Gasteiger partial charge < -0.3 is 5.32 Å². The van der Waals surface area contributed by atoms with E-state index in [2.05, 4.69) is 19.2 Å². The monoisotopic (exact) mass is 295 g/mol. The number of rotatable bonds is 9. The molecule has 1 rings (SSSR count). The highest BCUT2D eigenvalue weighted by Crippen LogP contribution is 2.19. The van der Waals surface area contributed by atoms with Crippen LogP contribution in [0.4, 0.5) is 0 Å². The van der Waals surface area contributed by atoms with Crippen LogP contribution in [0.1, 0.15) is 51.0 Å². The first-order chi connectivity index (χ1) is 9.72. The molecule has 0 saturated heterocycles. The second-order valence-electron chi connectivity index (χ2n) is 5.25. The molecule has 0 bridgehead atoms. The zero-order chi connectivity index (χ0) is 14.8. The van der Waals surface area contributed by atoms with Gasteiger partial charge in [0.25, 0.3) is 0 Å². The van der Waals surface area contributed by atoms with E-state index in [1.807, 2.05) is 30.3 Å². The Morgan fingerprint density at radius 3 is 2.45 bits per heavy atom. The van der Waals surface area contributed by atoms with Crippen molar-refractivity contribution in [2.24, 2.45) is 5.92 Å². The van der Waals surface area contributed by atoms with Crippen molar-refractivity contribution in [2.45, 2.75) is 45.4 Å². The topological polar surface area (TPSA) is 29.1 Å². The number of alkyl halides is 1. The Hall–Kier alpha value is -1.02. The van der Waals surface area contributed by atoms with Crippen molar-refractivity contribution in [3.05, 3.63) is 35.9 Å². The van der Waals surface area contributed by atoms with Gasteiger partial charge in [-0.05, 0) is 30.7 Å². The Labute approximate surface area is 127 Å². The van der Waals surface area contributed by atoms with Crippen molar-refractivity contribution in [1.82, 2.24) is 5.32 Å². The van der Waals surface area contributed by atoms with Gasteiger partial charge in [0.05, 0.1) is 5.92 Å². The molecule has 1 aromatic rings. The predicted molar refractivity (Wildman–Crippen MR) is 86.2 cm³/mol. The number of halogens is 1. The molecule has 1 N–H and O–H groups in total. The highest BCUT2D eigenvalue weighted by molar-refractivity contribution is 6.17. The first-order valence-corrected chi connectivity index (χ1v) is 8.14. The van der Waals surface area contributed by atoms with E-state index in [0.29, 0.717) is 11.8 Å². The minimum absolute atomic E-state index is 0.0468. The number of amides is 1. The highest BCUT2D eigenvalue weighted by Gasteiger charge is 2.19. The molecule has 20 heavy (non-hydrogen) atoms. The fraction of sp³-hybridized carbons (Fsp3) is 0.588. The van der Waals surface area contributed by atoms with Gasteiger partial charge in [0.15, 0.2) is 0 Å². The highest BCUT2D eigenvalue weighted by atomic mass is 35.5. The van der Waals surface area contributed by atoms with Crippen LogP contribution in [0.3, 0.4) is 0 Å². The van der Waals surface area contributed by atoms with Crippen LogP contribution < -0.4 is 5.32 Å². The zero-order valence-electron chi connectivity index (χ0n) is 12.6. The SMILES string of the molecule is CCCC(CCCl)CNC(=O)C(CC)c1ccccc1. The minimum atomic E-state index is -0.0468. The molecule has 0 aliphatic carbocycles. The molecule has 112 valence electrons. The lowest BCUT2D eigenvalue weighted by atomic mass is 9.95. The first-order valence-electron chi connectivity index (χ1n) is 7.61. The Kier molecular flexibility index (Phi) is 8.36. The van der Waals surface area contributed by atoms with Gasteiger partial charge in [-0.15, -0.1) is 11.6 Å². The molecule has 0 fully saturated rings. The average molecular weight is 296 g/mol. The van der Waals surface area contributed by atoms with Gasteiger partial charge in [0, 0.05) is 12.4 Å². The van der Waals surface area contributed by atoms with Gasteiger partial charge in [-0.2, -0.15) is 0 Å². The predicted octanol–water partition coefficient (Wildman–Crippen LogP) is 4.34. The average Bonchev–Trinajstić information content (AvgIpc) is 2.47. The first kappa shape index (κ1) is 17.0. The summed E-state index contributed by atoms with van der Waals surface area (Å²) in [6.07, 6.45) is 4.05. The largest absolute Gasteiger partial charge is 0.355 e. The lowest BCUT2D eigenvalue weighted by Gasteiger charge is -2.19. The summed E-state index contributed by atoms with van der Waals surface area (Å²) >= 11 is 5.82. The van der Waals surface area contributed by atoms with Gasteiger partial charge in [-0.1, -0.05) is 50.6 Å². The normalized spacial score (nSPS) is 13.8. The van der Waals surface area contributed by atoms with E-state index < -0.39 is 0 Å². The summed E-state index contributed by atoms with van der Waals surface area (Å²) in [5.74, 6) is 1.25. The second-order valence-corrected chi connectivity index (χ2v) is 5.63. The van der Waals surface area contributed by atoms with Crippen LogP contribution >= 0.6 is 11.6 Å². The molecule has 0 aromatic heterocycles. The number of benzene rings is 1. The molecule has 2 atom stereocenters. The molecule has 3 heteroatoms. The van der Waals surface area contributed by atoms with Crippen LogP contribution in [0.15, 0.2) is 30.3 Å². The Bertz CT molecular complexity index is 374. The van der Waals surface area contributed by atoms with Gasteiger partial charge >= 0.3 is 0 Å². The van der Waals surface area contributed by atoms with Crippen molar-refractivity contribution in [3.63, 3.8) is 0 Å². The summed E-state index contributed by atoms with van der Waals surface area (Å²) in [4.78, 5) is 12.3. The van der Waals surface area contributed by atoms with Crippen molar-refractivity contribution in [3.8, 4) is 0 Å². The number of hydrogen-bond donors (Lipinski definition) is 1. The maximum absolute atomic E-state index is 12.3. The molecule has 0 saturated carbocycles. The number of hydrogen-bond acceptors (Lipinski definition) is 1. The maximum atomic E-state index is 12.3. The molecular weight excluding hydrogens is 270 g/mol. The van der Waals surface area contributed by atoms with E-state index in [1.54, 1.807) is 0 Å². The van der Waals surface area contributed by atoms with E-state index in [4.69, 9.17) is 11.6 Å². The fourth-order valence-electron chi connectivity index (χ4n) is 2.54. The van der Waals surface area contributed by atoms with Crippen LogP contribution in [0.25, 0.3) is 0 Å². The summed E-state index contributed by atoms with van der Waals surface area (Å²) in [7, 11) is 0. The van der Waals surface area contributed by atoms with E-state index in [9.17, 15) is 4.79 Å². The number of nitrogens with one attached hydrogen (secondary N) is 1. The van der Waals surface area contributed by atoms with E-state index in [1.165, 1.54) is 0 Å². The van der Waals surface area contributed by atoms with E-state index >= 15 is 0 Å². The standard InChI is InChI=1S/C17H26ClNO/c1-3-8-14(11-12-18)13-19-17(20)16(4-2)15-9-6-5-7-10-15/h5-7,9-10,14,16H,3-4,8,11-13H2,1-2H3,(H,19,20). The third-order valence-electron chi connectivity index (χ3n) is 3.71. The van der Waals surface area contributed by atoms with Crippen molar-refractivity contribution < 1.29 is 4.79 Å². The fourth-order valence-corrected chi connectivity index (χ4v) is 2.85. The van der Waals surface area contributed by atoms with Crippen LogP contribution in [-0.2, 0) is 4.79 Å². The number of carbonyl (C=O) groups excluding carboxylic acids is 1. The smallest absolute Gasteiger partial charge is 0.227 e. The molecular formula is C17H26ClNO. The molecule has 0 aliphatic heterocycles. The quantitative estimate of drug-likeness (QED) is 0.675. The molecule has 0 aliphatic rings. The van der Waals surface area contributed by atoms with Gasteiger partial charge in [-0.3, -0.25) is 4.79 Å². The molecule has 0 radical (unpaired) electrons. The molecule has 0 spiro atoms. The van der Waals surface area contributed by atoms with Gasteiger partial charge in [0.1, 0.15) is 0 Å². The van der Waals surface area contributed by atoms with Crippen molar-refractivity contribution in [1.29, 1.82) is 0 Å². The summed E-state index contributed by atoms with van der Waals surface area (Å²) in [5.41, 5.74) is 1.09. The van der Waals surface area contributed by atoms with Gasteiger partial charge in [-0.25, -0.2) is 0 Å². The summed E-state index contributed by atoms with van der Waals surface area (Å²) in [5, 5.41) is 3.10. The maximum Gasteiger partial charge on any atom is 0.227 e. The second kappa shape index (κ2) is 9.82. The Morgan fingerprint density at radius 1 is 1.20 bits per heavy atom. The van der Waals surface area contributed by atoms with Crippen LogP contribution in [0, 0.1) is 5.92 Å². The summed E-state index contributed by atoms with van der Waals surface area (Å²) in [6.45, 7) is 4.96. The Morgan fingerprint density at radius 2 is 1.90 bits per heavy atom. The lowest BCUT2D eigenvalue weighted by molar-refractivity contribution is -0.122. The number of carbonyl (C=O) groups is 1. The van der Waals surface area contributed by atoms with Crippen LogP contribution in [-0.4, -0.2) is 18.3 Å². The van der Waals surface area contributed by atoms with Crippen LogP contribution in [0.2, 0.25) is 0 Å². The van der Waals surface area contributed by atoms with Gasteiger partial charge in [0.2, 0.25) is 5.91 Å².